The summed E-state index contributed by atoms with van der Waals surface area (Å²) in [4.78, 5) is 5.09. The van der Waals surface area contributed by atoms with Gasteiger partial charge in [0, 0.05) is 10.0 Å². The minimum Gasteiger partial charge on any atom is -0.493 e. The monoisotopic (exact) mass is 438 g/mol. The summed E-state index contributed by atoms with van der Waals surface area (Å²) in [7, 11) is 0. The van der Waals surface area contributed by atoms with Gasteiger partial charge < -0.3 is 10.1 Å². The largest absolute Gasteiger partial charge is 0.493 e. The average Bonchev–Trinajstić information content (AvgIpc) is 3.20. The molecule has 30 heavy (non-hydrogen) atoms. The van der Waals surface area contributed by atoms with Crippen molar-refractivity contribution >= 4 is 29.0 Å². The van der Waals surface area contributed by atoms with Gasteiger partial charge in [0.05, 0.1) is 18.2 Å². The van der Waals surface area contributed by atoms with E-state index in [1.54, 1.807) is 0 Å². The predicted octanol–water partition coefficient (Wildman–Crippen LogP) is 6.79. The molecule has 0 aromatic heterocycles. The molecule has 0 radical (unpaired) electrons. The predicted molar refractivity (Wildman–Crippen MR) is 125 cm³/mol. The van der Waals surface area contributed by atoms with Crippen molar-refractivity contribution in [3.05, 3.63) is 99.0 Å². The van der Waals surface area contributed by atoms with Crippen LogP contribution in [0.4, 0.5) is 0 Å². The molecular weight excluding hydrogens is 415 g/mol. The first-order chi connectivity index (χ1) is 14.6. The highest BCUT2D eigenvalue weighted by molar-refractivity contribution is 6.30. The molecule has 0 saturated carbocycles. The zero-order chi connectivity index (χ0) is 21.1. The van der Waals surface area contributed by atoms with Crippen LogP contribution >= 0.6 is 23.2 Å². The SMILES string of the molecule is CCOc1cc(CC)ccc1C1=NC(c2ccc(Cl)cc2)C(c2ccc(Cl)cc2)N1. The second kappa shape index (κ2) is 9.11. The summed E-state index contributed by atoms with van der Waals surface area (Å²) in [6.45, 7) is 4.75. The molecule has 3 aromatic rings. The summed E-state index contributed by atoms with van der Waals surface area (Å²) >= 11 is 12.2. The Labute approximate surface area is 187 Å². The fourth-order valence-electron chi connectivity index (χ4n) is 3.74. The van der Waals surface area contributed by atoms with Gasteiger partial charge in [-0.2, -0.15) is 0 Å². The van der Waals surface area contributed by atoms with Gasteiger partial charge in [-0.1, -0.05) is 60.5 Å². The van der Waals surface area contributed by atoms with Crippen molar-refractivity contribution in [2.24, 2.45) is 4.99 Å². The zero-order valence-electron chi connectivity index (χ0n) is 17.0. The molecule has 154 valence electrons. The van der Waals surface area contributed by atoms with Crippen LogP contribution in [0.5, 0.6) is 5.75 Å². The molecule has 4 rings (SSSR count). The van der Waals surface area contributed by atoms with Crippen LogP contribution in [-0.2, 0) is 6.42 Å². The van der Waals surface area contributed by atoms with Gasteiger partial charge in [-0.15, -0.1) is 0 Å². The topological polar surface area (TPSA) is 33.6 Å². The molecule has 3 aromatic carbocycles. The van der Waals surface area contributed by atoms with Crippen LogP contribution in [0.15, 0.2) is 71.7 Å². The summed E-state index contributed by atoms with van der Waals surface area (Å²) < 4.78 is 5.95. The maximum Gasteiger partial charge on any atom is 0.133 e. The Morgan fingerprint density at radius 1 is 0.867 bits per heavy atom. The first kappa shape index (κ1) is 20.8. The van der Waals surface area contributed by atoms with E-state index in [-0.39, 0.29) is 12.1 Å². The molecule has 2 atom stereocenters. The van der Waals surface area contributed by atoms with Crippen LogP contribution in [0.3, 0.4) is 0 Å². The van der Waals surface area contributed by atoms with Crippen molar-refractivity contribution in [3.8, 4) is 5.75 Å². The molecular formula is C25H24Cl2N2O. The van der Waals surface area contributed by atoms with E-state index in [1.807, 2.05) is 55.5 Å². The number of amidine groups is 1. The summed E-state index contributed by atoms with van der Waals surface area (Å²) in [5, 5.41) is 5.07. The van der Waals surface area contributed by atoms with Gasteiger partial charge in [0.2, 0.25) is 0 Å². The number of halogens is 2. The van der Waals surface area contributed by atoms with E-state index in [2.05, 4.69) is 30.4 Å². The van der Waals surface area contributed by atoms with Crippen LogP contribution in [0.2, 0.25) is 10.0 Å². The fourth-order valence-corrected chi connectivity index (χ4v) is 4.00. The van der Waals surface area contributed by atoms with E-state index in [9.17, 15) is 0 Å². The van der Waals surface area contributed by atoms with Gasteiger partial charge >= 0.3 is 0 Å². The van der Waals surface area contributed by atoms with Crippen LogP contribution < -0.4 is 10.1 Å². The molecule has 0 spiro atoms. The Balaban J connectivity index is 1.76. The Kier molecular flexibility index (Phi) is 6.31. The van der Waals surface area contributed by atoms with Crippen molar-refractivity contribution in [2.45, 2.75) is 32.4 Å². The Morgan fingerprint density at radius 2 is 1.50 bits per heavy atom. The maximum absolute atomic E-state index is 6.12. The first-order valence-corrected chi connectivity index (χ1v) is 11.0. The van der Waals surface area contributed by atoms with Crippen molar-refractivity contribution < 1.29 is 4.74 Å². The van der Waals surface area contributed by atoms with Gasteiger partial charge in [-0.25, -0.2) is 0 Å². The number of rotatable bonds is 6. The lowest BCUT2D eigenvalue weighted by atomic mass is 9.95. The summed E-state index contributed by atoms with van der Waals surface area (Å²) in [6.07, 6.45) is 0.959. The fraction of sp³-hybridized carbons (Fsp3) is 0.240. The minimum absolute atomic E-state index is 0.0150. The summed E-state index contributed by atoms with van der Waals surface area (Å²) in [5.41, 5.74) is 4.44. The van der Waals surface area contributed by atoms with Crippen molar-refractivity contribution in [3.63, 3.8) is 0 Å². The van der Waals surface area contributed by atoms with E-state index in [1.165, 1.54) is 5.56 Å². The van der Waals surface area contributed by atoms with Crippen LogP contribution in [0.25, 0.3) is 0 Å². The van der Waals surface area contributed by atoms with E-state index in [0.29, 0.717) is 11.6 Å². The van der Waals surface area contributed by atoms with Gasteiger partial charge in [0.1, 0.15) is 17.6 Å². The molecule has 1 aliphatic rings. The lowest BCUT2D eigenvalue weighted by Gasteiger charge is -2.20. The molecule has 5 heteroatoms. The third kappa shape index (κ3) is 4.33. The Hall–Kier alpha value is -2.49. The second-order valence-electron chi connectivity index (χ2n) is 7.26. The molecule has 1 N–H and O–H groups in total. The van der Waals surface area contributed by atoms with Gasteiger partial charge in [-0.05, 0) is 66.4 Å². The summed E-state index contributed by atoms with van der Waals surface area (Å²) in [6, 6.07) is 22.0. The molecule has 1 aliphatic heterocycles. The summed E-state index contributed by atoms with van der Waals surface area (Å²) in [5.74, 6) is 1.69. The Bertz CT molecular complexity index is 1050. The van der Waals surface area contributed by atoms with E-state index in [4.69, 9.17) is 32.9 Å². The van der Waals surface area contributed by atoms with E-state index in [0.717, 1.165) is 39.7 Å². The average molecular weight is 439 g/mol. The molecule has 1 heterocycles. The smallest absolute Gasteiger partial charge is 0.133 e. The molecule has 0 saturated heterocycles. The Morgan fingerprint density at radius 3 is 2.10 bits per heavy atom. The quantitative estimate of drug-likeness (QED) is 0.459. The standard InChI is InChI=1S/C25H24Cl2N2O/c1-3-16-5-14-21(22(15-16)30-4-2)25-28-23(17-6-10-19(26)11-7-17)24(29-25)18-8-12-20(27)13-9-18/h5-15,23-24H,3-4H2,1-2H3,(H,28,29). The molecule has 3 nitrogen and oxygen atoms in total. The van der Waals surface area contributed by atoms with Crippen LogP contribution in [0.1, 0.15) is 48.2 Å². The number of hydrogen-bond acceptors (Lipinski definition) is 3. The third-order valence-electron chi connectivity index (χ3n) is 5.33. The number of benzene rings is 3. The molecule has 0 aliphatic carbocycles. The number of hydrogen-bond donors (Lipinski definition) is 1. The molecule has 2 unspecified atom stereocenters. The first-order valence-electron chi connectivity index (χ1n) is 10.2. The van der Waals surface area contributed by atoms with E-state index < -0.39 is 0 Å². The lowest BCUT2D eigenvalue weighted by Crippen LogP contribution is -2.25. The highest BCUT2D eigenvalue weighted by Crippen LogP contribution is 2.39. The molecule has 0 amide bonds. The van der Waals surface area contributed by atoms with Gasteiger partial charge in [0.15, 0.2) is 0 Å². The number of nitrogens with one attached hydrogen (secondary N) is 1. The van der Waals surface area contributed by atoms with Crippen molar-refractivity contribution in [1.29, 1.82) is 0 Å². The van der Waals surface area contributed by atoms with E-state index >= 15 is 0 Å². The highest BCUT2D eigenvalue weighted by Gasteiger charge is 2.32. The van der Waals surface area contributed by atoms with Crippen LogP contribution in [0, 0.1) is 0 Å². The maximum atomic E-state index is 6.12. The zero-order valence-corrected chi connectivity index (χ0v) is 18.5. The molecule has 0 fully saturated rings. The van der Waals surface area contributed by atoms with Crippen molar-refractivity contribution in [1.82, 2.24) is 5.32 Å². The van der Waals surface area contributed by atoms with Crippen LogP contribution in [-0.4, -0.2) is 12.4 Å². The number of aryl methyl sites for hydroxylation is 1. The third-order valence-corrected chi connectivity index (χ3v) is 5.83. The lowest BCUT2D eigenvalue weighted by molar-refractivity contribution is 0.339. The van der Waals surface area contributed by atoms with Gasteiger partial charge in [-0.3, -0.25) is 4.99 Å². The number of ether oxygens (including phenoxy) is 1. The highest BCUT2D eigenvalue weighted by atomic mass is 35.5. The molecule has 0 bridgehead atoms. The van der Waals surface area contributed by atoms with Gasteiger partial charge in [0.25, 0.3) is 0 Å². The normalized spacial score (nSPS) is 18.1. The van der Waals surface area contributed by atoms with Crippen molar-refractivity contribution in [2.75, 3.05) is 6.61 Å². The number of aliphatic imine (C=N–C) groups is 1. The minimum atomic E-state index is -0.0845. The number of nitrogens with zero attached hydrogens (tertiary/aromatic N) is 1. The second-order valence-corrected chi connectivity index (χ2v) is 8.14.